The summed E-state index contributed by atoms with van der Waals surface area (Å²) in [5, 5.41) is 35.2. The molecule has 26 N–H and O–H groups in total. The van der Waals surface area contributed by atoms with E-state index < -0.39 is 120 Å². The molecule has 1 aliphatic heterocycles. The number of carboxylic acid groups (broad SMARTS) is 1. The average molecular weight is 1120 g/mol. The summed E-state index contributed by atoms with van der Waals surface area (Å²) in [5.74, 6) is -9.53. The van der Waals surface area contributed by atoms with Gasteiger partial charge in [-0.25, -0.2) is 9.79 Å². The van der Waals surface area contributed by atoms with Crippen molar-refractivity contribution in [2.75, 3.05) is 52.4 Å². The number of aliphatic hydroxyl groups is 1. The average Bonchev–Trinajstić information content (AvgIpc) is 3.93. The number of benzene rings is 1. The minimum Gasteiger partial charge on any atom is -0.477 e. The number of nitrogens with two attached hydrogens (primary N) is 9. The molecule has 0 saturated carbocycles. The van der Waals surface area contributed by atoms with E-state index >= 15 is 0 Å². The largest absolute Gasteiger partial charge is 0.477 e. The summed E-state index contributed by atoms with van der Waals surface area (Å²) < 4.78 is 0. The van der Waals surface area contributed by atoms with Crippen LogP contribution >= 0.6 is 0 Å². The van der Waals surface area contributed by atoms with Crippen LogP contribution in [-0.2, 0) is 49.6 Å². The van der Waals surface area contributed by atoms with Crippen molar-refractivity contribution >= 4 is 70.8 Å². The van der Waals surface area contributed by atoms with E-state index in [2.05, 4.69) is 41.9 Å². The molecule has 0 radical (unpaired) electrons. The fourth-order valence-corrected chi connectivity index (χ4v) is 8.04. The zero-order chi connectivity index (χ0) is 59.0. The van der Waals surface area contributed by atoms with E-state index in [0.717, 1.165) is 0 Å². The number of carboxylic acids is 1. The molecule has 0 unspecified atom stereocenters. The van der Waals surface area contributed by atoms with Gasteiger partial charge in [-0.05, 0) is 121 Å². The highest BCUT2D eigenvalue weighted by molar-refractivity contribution is 6.40. The predicted octanol–water partition coefficient (Wildman–Crippen LogP) is -6.53. The topological polar surface area (TPSA) is 545 Å². The molecule has 1 fully saturated rings. The molecule has 30 nitrogen and oxygen atoms in total. The molecule has 1 heterocycles. The van der Waals surface area contributed by atoms with Crippen molar-refractivity contribution in [1.29, 1.82) is 0 Å². The molecule has 2 rings (SSSR count). The number of likely N-dealkylation sites (tertiary alicyclic amines) is 1. The van der Waals surface area contributed by atoms with Gasteiger partial charge in [0.2, 0.25) is 41.4 Å². The van der Waals surface area contributed by atoms with Gasteiger partial charge in [-0.15, -0.1) is 0 Å². The maximum Gasteiger partial charge on any atom is 0.352 e. The van der Waals surface area contributed by atoms with E-state index in [0.29, 0.717) is 44.2 Å². The second-order valence-corrected chi connectivity index (χ2v) is 18.6. The van der Waals surface area contributed by atoms with Crippen LogP contribution in [-0.4, -0.2) is 181 Å². The highest BCUT2D eigenvalue weighted by Gasteiger charge is 2.39. The number of rotatable bonds is 37. The Balaban J connectivity index is 2.41. The van der Waals surface area contributed by atoms with Gasteiger partial charge in [-0.2, -0.15) is 0 Å². The Kier molecular flexibility index (Phi) is 31.3. The third kappa shape index (κ3) is 24.4. The highest BCUT2D eigenvalue weighted by Crippen LogP contribution is 2.20. The van der Waals surface area contributed by atoms with Crippen LogP contribution in [0.5, 0.6) is 0 Å². The summed E-state index contributed by atoms with van der Waals surface area (Å²) in [6.45, 7) is -0.412. The number of nitrogens with zero attached hydrogens (tertiary/aromatic N) is 3. The molecular formula is C49H82N18O12. The third-order valence-corrected chi connectivity index (χ3v) is 12.3. The quantitative estimate of drug-likeness (QED) is 0.0127. The lowest BCUT2D eigenvalue weighted by Gasteiger charge is -2.28. The summed E-state index contributed by atoms with van der Waals surface area (Å²) in [5.41, 5.74) is 50.1. The number of primary amides is 1. The number of nitrogens with one attached hydrogen (secondary N) is 6. The van der Waals surface area contributed by atoms with E-state index in [4.69, 9.17) is 51.6 Å². The number of unbranched alkanes of at least 4 members (excludes halogenated alkanes) is 2. The van der Waals surface area contributed by atoms with Gasteiger partial charge in [-0.1, -0.05) is 24.6 Å². The summed E-state index contributed by atoms with van der Waals surface area (Å²) in [6, 6.07) is -2.14. The maximum atomic E-state index is 14.3. The van der Waals surface area contributed by atoms with Crippen LogP contribution in [0.4, 0.5) is 0 Å². The van der Waals surface area contributed by atoms with Gasteiger partial charge in [0.25, 0.3) is 11.8 Å². The lowest BCUT2D eigenvalue weighted by molar-refractivity contribution is -0.137. The van der Waals surface area contributed by atoms with Gasteiger partial charge in [0, 0.05) is 31.6 Å². The van der Waals surface area contributed by atoms with Gasteiger partial charge in [0.05, 0.1) is 18.7 Å². The number of aliphatic hydroxyl groups excluding tert-OH is 1. The number of amides is 9. The van der Waals surface area contributed by atoms with Crippen molar-refractivity contribution in [1.82, 2.24) is 36.8 Å². The van der Waals surface area contributed by atoms with Crippen molar-refractivity contribution in [2.24, 2.45) is 61.6 Å². The van der Waals surface area contributed by atoms with Crippen molar-refractivity contribution in [3.05, 3.63) is 47.2 Å². The predicted molar refractivity (Wildman–Crippen MR) is 291 cm³/mol. The lowest BCUT2D eigenvalue weighted by atomic mass is 10.0. The first kappa shape index (κ1) is 67.6. The number of carbonyl (C=O) groups excluding carboxylic acids is 9. The van der Waals surface area contributed by atoms with E-state index in [1.54, 1.807) is 6.07 Å². The van der Waals surface area contributed by atoms with Crippen LogP contribution in [0.25, 0.3) is 0 Å². The number of guanidine groups is 1. The normalized spacial score (nSPS) is 15.7. The molecule has 30 heteroatoms. The molecule has 1 aromatic carbocycles. The van der Waals surface area contributed by atoms with Crippen molar-refractivity contribution in [3.8, 4) is 0 Å². The van der Waals surface area contributed by atoms with Crippen LogP contribution in [0.3, 0.4) is 0 Å². The van der Waals surface area contributed by atoms with Crippen LogP contribution in [0.2, 0.25) is 0 Å². The Morgan fingerprint density at radius 1 is 0.734 bits per heavy atom. The number of aliphatic imine (C=N–C) groups is 2. The molecule has 0 aromatic heterocycles. The van der Waals surface area contributed by atoms with E-state index in [-0.39, 0.29) is 108 Å². The van der Waals surface area contributed by atoms with Crippen molar-refractivity contribution < 1.29 is 58.2 Å². The van der Waals surface area contributed by atoms with Gasteiger partial charge in [0.15, 0.2) is 5.96 Å². The fraction of sp³-hybridized carbons (Fsp3) is 0.592. The maximum absolute atomic E-state index is 14.3. The molecule has 0 spiro atoms. The fourth-order valence-electron chi connectivity index (χ4n) is 8.04. The Bertz CT molecular complexity index is 2330. The first-order valence-corrected chi connectivity index (χ1v) is 26.2. The molecule has 1 aromatic rings. The van der Waals surface area contributed by atoms with Crippen LogP contribution < -0.4 is 83.5 Å². The van der Waals surface area contributed by atoms with Crippen LogP contribution in [0.15, 0.2) is 46.0 Å². The second-order valence-electron chi connectivity index (χ2n) is 18.6. The molecule has 1 saturated heterocycles. The summed E-state index contributed by atoms with van der Waals surface area (Å²) in [4.78, 5) is 143. The molecule has 440 valence electrons. The lowest BCUT2D eigenvalue weighted by Crippen LogP contribution is -2.60. The first-order chi connectivity index (χ1) is 37.6. The smallest absolute Gasteiger partial charge is 0.352 e. The van der Waals surface area contributed by atoms with Gasteiger partial charge in [-0.3, -0.25) is 48.1 Å². The Hall–Kier alpha value is -7.48. The molecule has 9 amide bonds. The third-order valence-electron chi connectivity index (χ3n) is 12.3. The molecule has 79 heavy (non-hydrogen) atoms. The van der Waals surface area contributed by atoms with Crippen molar-refractivity contribution in [3.63, 3.8) is 0 Å². The van der Waals surface area contributed by atoms with Crippen molar-refractivity contribution in [2.45, 2.75) is 132 Å². The van der Waals surface area contributed by atoms with E-state index in [1.165, 1.54) is 29.2 Å². The minimum atomic E-state index is -1.62. The summed E-state index contributed by atoms with van der Waals surface area (Å²) in [6.07, 6.45) is 2.09. The number of aliphatic carboxylic acids is 1. The zero-order valence-corrected chi connectivity index (χ0v) is 44.5. The minimum absolute atomic E-state index is 0.00850. The van der Waals surface area contributed by atoms with E-state index in [1.807, 2.05) is 0 Å². The SMILES string of the molecule is NCCCC[C@H](NC(=O)[C@H](Cc1cccc(C(N)=O)c1)NC(=O)[C@@H]1CCCN1C(=O)C(CCCN)=NC(=O)CNC(=O)[C@H](CCCN)NC(=O)[C@@H](NC(=O)[C@@H](N)CCCCN)[C@@H](O)CN)C(=O)N/C(=C\CCN=C(N)N)C(=O)O. The Morgan fingerprint density at radius 3 is 1.99 bits per heavy atom. The molecule has 0 aliphatic carbocycles. The molecule has 0 bridgehead atoms. The van der Waals surface area contributed by atoms with Crippen LogP contribution in [0.1, 0.15) is 99.4 Å². The van der Waals surface area contributed by atoms with Gasteiger partial charge >= 0.3 is 5.97 Å². The van der Waals surface area contributed by atoms with Gasteiger partial charge in [0.1, 0.15) is 41.6 Å². The molecule has 7 atom stereocenters. The monoisotopic (exact) mass is 1110 g/mol. The highest BCUT2D eigenvalue weighted by atomic mass is 16.4. The van der Waals surface area contributed by atoms with Gasteiger partial charge < -0.3 is 98.6 Å². The van der Waals surface area contributed by atoms with Crippen LogP contribution in [0, 0.1) is 0 Å². The first-order valence-electron chi connectivity index (χ1n) is 26.2. The summed E-state index contributed by atoms with van der Waals surface area (Å²) >= 11 is 0. The Labute approximate surface area is 458 Å². The van der Waals surface area contributed by atoms with E-state index in [9.17, 15) is 58.2 Å². The second kappa shape index (κ2) is 36.6. The Morgan fingerprint density at radius 2 is 1.37 bits per heavy atom. The number of hydrogen-bond donors (Lipinski definition) is 17. The summed E-state index contributed by atoms with van der Waals surface area (Å²) in [7, 11) is 0. The zero-order valence-electron chi connectivity index (χ0n) is 44.5. The molecule has 1 aliphatic rings. The molecular weight excluding hydrogens is 1030 g/mol. The number of carbonyl (C=O) groups is 10. The number of hydrogen-bond acceptors (Lipinski definition) is 18. The standard InChI is InChI=1S/C49H82N18O12/c50-18-3-1-12-30(55)41(71)66-39(37(68)26-54)46(76)63-31(14-6-20-52)42(72)60-27-38(69)61-33(15-7-21-53)47(77)67-23-9-17-36(67)45(75)65-35(25-28-10-5-11-29(24-28)40(56)70)44(74)62-32(13-2-4-19-51)43(73)64-34(48(78)79)16-8-22-59-49(57)58/h5,10-11,16,24,30-32,35-37,39,68H,1-4,6-9,12-15,17-23,25-27,50-55H2,(H2,56,70)(H,60,72)(H,62,74)(H,63,76)(H,64,73)(H,65,75)(H,66,71)(H,78,79)(H4,57,58,59)/b34-16-,61-33?/t30-,31-,32-,35-,36-,37-,39-/m0/s1.